The molecule has 366 valence electrons. The summed E-state index contributed by atoms with van der Waals surface area (Å²) in [7, 11) is 1.74. The SMILES string of the molecule is CCO[C@@H]1c2nc(cs2)-c2ccc3c(c2)c(c(-c2cc([C@@H]4C[C@H]5COC[C@@H](C4)N5C4COC4)cnc2[C@H](C)OC)n3CC)CC(C)(C)COC(=O)[C@@H]2CCCN(N2)C(=O)[C@H]1NC(=O)[C@H]1[C@H](C)[C@@H]1C. The predicted molar refractivity (Wildman–Crippen MR) is 259 cm³/mol. The fourth-order valence-electron chi connectivity index (χ4n) is 11.8. The van der Waals surface area contributed by atoms with Gasteiger partial charge in [-0.2, -0.15) is 0 Å². The number of fused-ring (bicyclic) bond motifs is 8. The van der Waals surface area contributed by atoms with Crippen molar-refractivity contribution < 1.29 is 38.1 Å². The van der Waals surface area contributed by atoms with E-state index in [1.165, 1.54) is 21.9 Å². The molecule has 2 N–H and O–H groups in total. The van der Waals surface area contributed by atoms with Crippen molar-refractivity contribution in [2.45, 2.75) is 135 Å². The number of methoxy groups -OCH3 is 1. The molecule has 1 aromatic carbocycles. The summed E-state index contributed by atoms with van der Waals surface area (Å²) in [6, 6.07) is 8.23. The van der Waals surface area contributed by atoms with E-state index in [9.17, 15) is 14.4 Å². The number of piperidine rings is 1. The zero-order valence-electron chi connectivity index (χ0n) is 40.9. The molecule has 4 saturated heterocycles. The van der Waals surface area contributed by atoms with Gasteiger partial charge in [-0.3, -0.25) is 29.3 Å². The molecule has 8 heterocycles. The topological polar surface area (TPSA) is 159 Å². The van der Waals surface area contributed by atoms with Crippen LogP contribution in [-0.2, 0) is 51.0 Å². The summed E-state index contributed by atoms with van der Waals surface area (Å²) in [6.07, 6.45) is 4.60. The summed E-state index contributed by atoms with van der Waals surface area (Å²) in [4.78, 5) is 55.7. The molecule has 1 saturated carbocycles. The van der Waals surface area contributed by atoms with Crippen molar-refractivity contribution in [2.75, 3.05) is 53.3 Å². The second kappa shape index (κ2) is 19.1. The molecule has 4 aromatic rings. The van der Waals surface area contributed by atoms with Crippen molar-refractivity contribution in [2.24, 2.45) is 23.2 Å². The molecular formula is C52H69N7O8S. The van der Waals surface area contributed by atoms with Gasteiger partial charge in [0.25, 0.3) is 5.91 Å². The number of carbonyl (C=O) groups is 3. The highest BCUT2D eigenvalue weighted by atomic mass is 32.1. The maximum atomic E-state index is 14.7. The Kier molecular flexibility index (Phi) is 13.3. The average Bonchev–Trinajstić information content (AvgIpc) is 3.59. The Bertz CT molecular complexity index is 2520. The van der Waals surface area contributed by atoms with Gasteiger partial charge in [-0.1, -0.05) is 33.8 Å². The summed E-state index contributed by atoms with van der Waals surface area (Å²) in [5, 5.41) is 8.27. The molecule has 1 aliphatic carbocycles. The molecule has 15 nitrogen and oxygen atoms in total. The first-order valence-corrected chi connectivity index (χ1v) is 25.9. The molecule has 68 heavy (non-hydrogen) atoms. The van der Waals surface area contributed by atoms with Gasteiger partial charge in [-0.25, -0.2) is 10.4 Å². The van der Waals surface area contributed by atoms with Gasteiger partial charge in [0.1, 0.15) is 23.2 Å². The van der Waals surface area contributed by atoms with Crippen LogP contribution in [0.1, 0.15) is 114 Å². The Labute approximate surface area is 403 Å². The van der Waals surface area contributed by atoms with Crippen LogP contribution >= 0.6 is 11.3 Å². The van der Waals surface area contributed by atoms with Crippen molar-refractivity contribution in [1.29, 1.82) is 0 Å². The van der Waals surface area contributed by atoms with Crippen molar-refractivity contribution in [3.63, 3.8) is 0 Å². The van der Waals surface area contributed by atoms with E-state index in [0.29, 0.717) is 68.0 Å². The van der Waals surface area contributed by atoms with Gasteiger partial charge in [0, 0.05) is 83.8 Å². The lowest BCUT2D eigenvalue weighted by atomic mass is 9.79. The number of hydrogen-bond acceptors (Lipinski definition) is 13. The van der Waals surface area contributed by atoms with E-state index in [1.807, 2.05) is 12.3 Å². The van der Waals surface area contributed by atoms with Crippen LogP contribution in [0.5, 0.6) is 0 Å². The highest BCUT2D eigenvalue weighted by molar-refractivity contribution is 7.10. The number of hydrogen-bond donors (Lipinski definition) is 2. The van der Waals surface area contributed by atoms with E-state index in [4.69, 9.17) is 33.7 Å². The molecule has 5 fully saturated rings. The molecule has 16 heteroatoms. The number of nitrogens with zero attached hydrogens (tertiary/aromatic N) is 5. The number of amides is 2. The maximum Gasteiger partial charge on any atom is 0.324 e. The predicted octanol–water partition coefficient (Wildman–Crippen LogP) is 6.99. The molecule has 0 radical (unpaired) electrons. The summed E-state index contributed by atoms with van der Waals surface area (Å²) in [5.74, 6) is -0.430. The minimum Gasteiger partial charge on any atom is -0.464 e. The third kappa shape index (κ3) is 8.81. The second-order valence-corrected chi connectivity index (χ2v) is 21.9. The molecule has 2 amide bonds. The van der Waals surface area contributed by atoms with Crippen LogP contribution < -0.4 is 10.7 Å². The van der Waals surface area contributed by atoms with Crippen LogP contribution in [-0.4, -0.2) is 126 Å². The van der Waals surface area contributed by atoms with Crippen LogP contribution in [0.3, 0.4) is 0 Å². The van der Waals surface area contributed by atoms with E-state index in [0.717, 1.165) is 83.9 Å². The van der Waals surface area contributed by atoms with Crippen LogP contribution in [0.15, 0.2) is 35.8 Å². The van der Waals surface area contributed by atoms with Crippen LogP contribution in [0.2, 0.25) is 0 Å². The van der Waals surface area contributed by atoms with Crippen LogP contribution in [0.4, 0.5) is 0 Å². The zero-order chi connectivity index (χ0) is 47.6. The van der Waals surface area contributed by atoms with E-state index in [-0.39, 0.29) is 42.3 Å². The molecular weight excluding hydrogens is 883 g/mol. The summed E-state index contributed by atoms with van der Waals surface area (Å²) < 4.78 is 32.9. The molecule has 0 unspecified atom stereocenters. The van der Waals surface area contributed by atoms with E-state index < -0.39 is 29.6 Å². The number of pyridine rings is 1. The number of thiazole rings is 1. The molecule has 0 spiro atoms. The minimum atomic E-state index is -1.08. The van der Waals surface area contributed by atoms with Crippen molar-refractivity contribution in [3.8, 4) is 22.5 Å². The number of hydrazine groups is 1. The van der Waals surface area contributed by atoms with Gasteiger partial charge < -0.3 is 33.6 Å². The number of benzene rings is 1. The smallest absolute Gasteiger partial charge is 0.324 e. The highest BCUT2D eigenvalue weighted by Crippen LogP contribution is 2.47. The number of carbonyl (C=O) groups excluding carboxylic acids is 3. The summed E-state index contributed by atoms with van der Waals surface area (Å²) in [5.41, 5.74) is 10.8. The van der Waals surface area contributed by atoms with Crippen LogP contribution in [0, 0.1) is 23.2 Å². The number of ether oxygens (including phenoxy) is 5. The molecule has 3 aromatic heterocycles. The Hall–Kier alpha value is -4.29. The first-order valence-electron chi connectivity index (χ1n) is 25.0. The quantitative estimate of drug-likeness (QED) is 0.157. The maximum absolute atomic E-state index is 14.7. The largest absolute Gasteiger partial charge is 0.464 e. The van der Waals surface area contributed by atoms with Gasteiger partial charge in [-0.15, -0.1) is 11.3 Å². The fourth-order valence-corrected chi connectivity index (χ4v) is 12.7. The third-order valence-corrected chi connectivity index (χ3v) is 16.8. The lowest BCUT2D eigenvalue weighted by molar-refractivity contribution is -0.159. The molecule has 5 aliphatic heterocycles. The van der Waals surface area contributed by atoms with Gasteiger partial charge in [0.2, 0.25) is 5.91 Å². The first-order chi connectivity index (χ1) is 32.8. The van der Waals surface area contributed by atoms with Crippen LogP contribution in [0.25, 0.3) is 33.4 Å². The Balaban J connectivity index is 1.10. The summed E-state index contributed by atoms with van der Waals surface area (Å²) in [6.45, 7) is 19.1. The van der Waals surface area contributed by atoms with E-state index in [2.05, 4.69) is 92.2 Å². The average molecular weight is 952 g/mol. The fraction of sp³-hybridized carbons (Fsp3) is 0.635. The monoisotopic (exact) mass is 951 g/mol. The number of rotatable bonds is 10. The van der Waals surface area contributed by atoms with E-state index in [1.54, 1.807) is 7.11 Å². The Morgan fingerprint density at radius 3 is 2.46 bits per heavy atom. The van der Waals surface area contributed by atoms with E-state index >= 15 is 0 Å². The van der Waals surface area contributed by atoms with Crippen molar-refractivity contribution in [1.82, 2.24) is 35.2 Å². The second-order valence-electron chi connectivity index (χ2n) is 21.0. The lowest BCUT2D eigenvalue weighted by Gasteiger charge is -2.53. The van der Waals surface area contributed by atoms with Crippen molar-refractivity contribution in [3.05, 3.63) is 57.7 Å². The Morgan fingerprint density at radius 2 is 1.78 bits per heavy atom. The molecule has 6 aliphatic rings. The number of aryl methyl sites for hydroxylation is 1. The lowest BCUT2D eigenvalue weighted by Crippen LogP contribution is -2.64. The van der Waals surface area contributed by atoms with Gasteiger partial charge >= 0.3 is 5.97 Å². The number of aromatic nitrogens is 3. The number of nitrogens with one attached hydrogen (secondary N) is 2. The number of morpholine rings is 1. The highest BCUT2D eigenvalue weighted by Gasteiger charge is 2.50. The number of esters is 1. The standard InChI is InChI=1S/C52H69N7O8S/c1-9-57-42-14-13-31-18-37(42)39(46(57)38-19-33(21-53-44(38)30(5)63-8)32-16-34-22-64-23-35(17-32)59(34)36-24-65-25-36)20-52(6,7)27-67-51(62)40-12-11-15-58(56-40)50(61)45(55-48(60)43-28(3)29(43)4)47(66-10-2)49-54-41(31)26-68-49/h13-14,18-19,21,26,28-30,32,34-36,40,43,45,47,56H,9-12,15-17,20,22-25,27H2,1-8H3,(H,55,60)/t28-,29+,30-,32-,34+,35-,40-,43+,45-,47-/m0/s1. The Morgan fingerprint density at radius 1 is 1.04 bits per heavy atom. The summed E-state index contributed by atoms with van der Waals surface area (Å²) >= 11 is 1.42. The van der Waals surface area contributed by atoms with Gasteiger partial charge in [0.15, 0.2) is 0 Å². The molecule has 8 bridgehead atoms. The van der Waals surface area contributed by atoms with Gasteiger partial charge in [0.05, 0.1) is 62.3 Å². The van der Waals surface area contributed by atoms with Crippen molar-refractivity contribution >= 4 is 40.0 Å². The molecule has 10 rings (SSSR count). The first kappa shape index (κ1) is 47.4. The molecule has 10 atom stereocenters. The normalized spacial score (nSPS) is 30.4. The minimum absolute atomic E-state index is 0.156. The third-order valence-electron chi connectivity index (χ3n) is 15.9. The van der Waals surface area contributed by atoms with Gasteiger partial charge in [-0.05, 0) is 100.0 Å². The number of cyclic esters (lactones) is 1. The zero-order valence-corrected chi connectivity index (χ0v) is 41.7.